The summed E-state index contributed by atoms with van der Waals surface area (Å²) < 4.78 is 12.2. The van der Waals surface area contributed by atoms with E-state index in [1.807, 2.05) is 0 Å². The fourth-order valence-electron chi connectivity index (χ4n) is 2.06. The third kappa shape index (κ3) is 6.89. The van der Waals surface area contributed by atoms with Crippen LogP contribution in [0.5, 0.6) is 0 Å². The molecule has 0 spiro atoms. The number of hydroxylamine groups is 1. The maximum atomic E-state index is 12.2. The first-order chi connectivity index (χ1) is 11.0. The Hall–Kier alpha value is -1.77. The van der Waals surface area contributed by atoms with Gasteiger partial charge in [0.2, 0.25) is 5.91 Å². The van der Waals surface area contributed by atoms with Crippen LogP contribution in [0.4, 0.5) is 0 Å². The summed E-state index contributed by atoms with van der Waals surface area (Å²) in [5, 5.41) is 18.6. The zero-order chi connectivity index (χ0) is 17.2. The van der Waals surface area contributed by atoms with Gasteiger partial charge in [0.05, 0.1) is 10.8 Å². The number of aliphatic hydroxyl groups is 1. The summed E-state index contributed by atoms with van der Waals surface area (Å²) in [5.74, 6) is -1.02. The van der Waals surface area contributed by atoms with Gasteiger partial charge in [0, 0.05) is 16.9 Å². The first-order valence-electron chi connectivity index (χ1n) is 7.37. The Bertz CT molecular complexity index is 565. The Morgan fingerprint density at radius 3 is 2.57 bits per heavy atom. The molecule has 8 heteroatoms. The van der Waals surface area contributed by atoms with Gasteiger partial charge in [-0.3, -0.25) is 19.0 Å². The number of aliphatic hydroxyl groups excluding tert-OH is 1. The normalized spacial score (nSPS) is 13.3. The quantitative estimate of drug-likeness (QED) is 0.287. The van der Waals surface area contributed by atoms with Crippen molar-refractivity contribution in [3.63, 3.8) is 0 Å². The summed E-state index contributed by atoms with van der Waals surface area (Å²) in [4.78, 5) is 22.2. The molecule has 5 N–H and O–H groups in total. The summed E-state index contributed by atoms with van der Waals surface area (Å²) >= 11 is 0. The molecule has 0 aromatic heterocycles. The summed E-state index contributed by atoms with van der Waals surface area (Å²) in [6.45, 7) is 0. The van der Waals surface area contributed by atoms with E-state index in [4.69, 9.17) is 10.9 Å². The number of nitrogens with one attached hydrogen (secondary N) is 1. The number of hydrogen-bond donors (Lipinski definition) is 4. The molecule has 7 nitrogen and oxygen atoms in total. The number of nitrogens with two attached hydrogens (primary N) is 1. The Morgan fingerprint density at radius 1 is 1.22 bits per heavy atom. The average molecular weight is 342 g/mol. The number of unbranched alkanes of at least 4 members (excludes halogenated alkanes) is 3. The third-order valence-electron chi connectivity index (χ3n) is 3.30. The lowest BCUT2D eigenvalue weighted by Crippen LogP contribution is -2.19. The second-order valence-corrected chi connectivity index (χ2v) is 6.75. The molecule has 0 aliphatic carbocycles. The van der Waals surface area contributed by atoms with Crippen molar-refractivity contribution in [2.45, 2.75) is 48.9 Å². The maximum absolute atomic E-state index is 12.2. The molecule has 2 amide bonds. The van der Waals surface area contributed by atoms with Crippen LogP contribution in [-0.4, -0.2) is 31.8 Å². The van der Waals surface area contributed by atoms with Gasteiger partial charge in [-0.25, -0.2) is 5.48 Å². The van der Waals surface area contributed by atoms with E-state index in [1.165, 1.54) is 23.7 Å². The van der Waals surface area contributed by atoms with Gasteiger partial charge in [0.15, 0.2) is 0 Å². The number of rotatable bonds is 10. The van der Waals surface area contributed by atoms with Gasteiger partial charge in [0.1, 0.15) is 5.44 Å². The van der Waals surface area contributed by atoms with Crippen molar-refractivity contribution in [3.8, 4) is 0 Å². The molecule has 0 saturated carbocycles. The van der Waals surface area contributed by atoms with E-state index >= 15 is 0 Å². The number of amides is 2. The number of benzene rings is 1. The maximum Gasteiger partial charge on any atom is 0.274 e. The van der Waals surface area contributed by atoms with E-state index in [0.29, 0.717) is 30.6 Å². The average Bonchev–Trinajstić information content (AvgIpc) is 2.56. The van der Waals surface area contributed by atoms with Gasteiger partial charge in [-0.1, -0.05) is 18.9 Å². The molecule has 0 saturated heterocycles. The second kappa shape index (κ2) is 10.1. The molecule has 1 aromatic carbocycles. The minimum atomic E-state index is -1.65. The van der Waals surface area contributed by atoms with Crippen molar-refractivity contribution < 1.29 is 24.1 Å². The fourth-order valence-corrected chi connectivity index (χ4v) is 3.21. The molecule has 0 heterocycles. The highest BCUT2D eigenvalue weighted by molar-refractivity contribution is 7.85. The van der Waals surface area contributed by atoms with Crippen LogP contribution < -0.4 is 11.2 Å². The van der Waals surface area contributed by atoms with Crippen molar-refractivity contribution in [2.24, 2.45) is 5.73 Å². The lowest BCUT2D eigenvalue weighted by atomic mass is 10.1. The summed E-state index contributed by atoms with van der Waals surface area (Å²) in [6.07, 6.45) is 3.76. The van der Waals surface area contributed by atoms with Crippen LogP contribution in [0, 0.1) is 0 Å². The van der Waals surface area contributed by atoms with E-state index in [9.17, 15) is 18.9 Å². The molecule has 0 fully saturated rings. The lowest BCUT2D eigenvalue weighted by Gasteiger charge is -2.11. The SMILES string of the molecule is NC(=O)CCCCCCC(O)S(=O)c1cccc(C(=O)NO)c1. The minimum absolute atomic E-state index is 0.164. The molecule has 23 heavy (non-hydrogen) atoms. The molecule has 0 bridgehead atoms. The second-order valence-electron chi connectivity index (χ2n) is 5.14. The van der Waals surface area contributed by atoms with Gasteiger partial charge in [0.25, 0.3) is 5.91 Å². The van der Waals surface area contributed by atoms with Crippen LogP contribution >= 0.6 is 0 Å². The molecule has 0 aliphatic heterocycles. The number of primary amides is 1. The first-order valence-corrected chi connectivity index (χ1v) is 8.58. The van der Waals surface area contributed by atoms with Crippen molar-refractivity contribution >= 4 is 22.6 Å². The predicted octanol–water partition coefficient (Wildman–Crippen LogP) is 1.06. The molecule has 1 rings (SSSR count). The van der Waals surface area contributed by atoms with Crippen LogP contribution in [0.3, 0.4) is 0 Å². The van der Waals surface area contributed by atoms with Crippen molar-refractivity contribution in [2.75, 3.05) is 0 Å². The highest BCUT2D eigenvalue weighted by atomic mass is 32.2. The predicted molar refractivity (Wildman–Crippen MR) is 85.0 cm³/mol. The molecule has 128 valence electrons. The molecule has 0 radical (unpaired) electrons. The Labute approximate surface area is 137 Å². The monoisotopic (exact) mass is 342 g/mol. The highest BCUT2D eigenvalue weighted by Gasteiger charge is 2.16. The topological polar surface area (TPSA) is 130 Å². The van der Waals surface area contributed by atoms with Crippen molar-refractivity contribution in [3.05, 3.63) is 29.8 Å². The summed E-state index contributed by atoms with van der Waals surface area (Å²) in [5.41, 5.74) is 5.68. The van der Waals surface area contributed by atoms with Crippen LogP contribution in [-0.2, 0) is 15.6 Å². The molecule has 2 unspecified atom stereocenters. The van der Waals surface area contributed by atoms with Crippen molar-refractivity contribution in [1.82, 2.24) is 5.48 Å². The van der Waals surface area contributed by atoms with E-state index in [1.54, 1.807) is 6.07 Å². The molecule has 1 aromatic rings. The Morgan fingerprint density at radius 2 is 1.91 bits per heavy atom. The molecular weight excluding hydrogens is 320 g/mol. The van der Waals surface area contributed by atoms with Gasteiger partial charge in [-0.05, 0) is 37.5 Å². The highest BCUT2D eigenvalue weighted by Crippen LogP contribution is 2.17. The number of carbonyl (C=O) groups excluding carboxylic acids is 2. The Balaban J connectivity index is 2.44. The molecular formula is C15H22N2O5S. The van der Waals surface area contributed by atoms with E-state index in [0.717, 1.165) is 12.8 Å². The van der Waals surface area contributed by atoms with Gasteiger partial charge < -0.3 is 10.8 Å². The van der Waals surface area contributed by atoms with E-state index in [2.05, 4.69) is 0 Å². The van der Waals surface area contributed by atoms with E-state index in [-0.39, 0.29) is 11.5 Å². The van der Waals surface area contributed by atoms with Crippen LogP contribution in [0.25, 0.3) is 0 Å². The molecule has 2 atom stereocenters. The zero-order valence-electron chi connectivity index (χ0n) is 12.7. The fraction of sp³-hybridized carbons (Fsp3) is 0.467. The zero-order valence-corrected chi connectivity index (χ0v) is 13.6. The Kier molecular flexibility index (Phi) is 8.46. The first kappa shape index (κ1) is 19.3. The standard InChI is InChI=1S/C15H22N2O5S/c16-13(18)8-3-1-2-4-9-14(19)23(22)12-7-5-6-11(10-12)15(20)17-21/h5-7,10,14,19,21H,1-4,8-9H2,(H2,16,18)(H,17,20). The number of carbonyl (C=O) groups is 2. The minimum Gasteiger partial charge on any atom is -0.379 e. The summed E-state index contributed by atoms with van der Waals surface area (Å²) in [6, 6.07) is 5.93. The number of hydrogen-bond acceptors (Lipinski definition) is 5. The summed E-state index contributed by atoms with van der Waals surface area (Å²) in [7, 11) is -1.65. The van der Waals surface area contributed by atoms with E-state index < -0.39 is 22.1 Å². The largest absolute Gasteiger partial charge is 0.379 e. The van der Waals surface area contributed by atoms with Crippen LogP contribution in [0.2, 0.25) is 0 Å². The van der Waals surface area contributed by atoms with Crippen molar-refractivity contribution in [1.29, 1.82) is 0 Å². The van der Waals surface area contributed by atoms with Gasteiger partial charge >= 0.3 is 0 Å². The van der Waals surface area contributed by atoms with Crippen LogP contribution in [0.1, 0.15) is 48.9 Å². The van der Waals surface area contributed by atoms with Gasteiger partial charge in [-0.2, -0.15) is 0 Å². The smallest absolute Gasteiger partial charge is 0.274 e. The lowest BCUT2D eigenvalue weighted by molar-refractivity contribution is -0.118. The van der Waals surface area contributed by atoms with Crippen LogP contribution in [0.15, 0.2) is 29.2 Å². The molecule has 0 aliphatic rings. The van der Waals surface area contributed by atoms with Gasteiger partial charge in [-0.15, -0.1) is 0 Å². The third-order valence-corrected chi connectivity index (χ3v) is 4.75.